The van der Waals surface area contributed by atoms with Crippen molar-refractivity contribution < 1.29 is 9.59 Å². The molecule has 3 rings (SSSR count). The molecule has 4 N–H and O–H groups in total. The van der Waals surface area contributed by atoms with Crippen molar-refractivity contribution in [2.75, 3.05) is 6.54 Å². The summed E-state index contributed by atoms with van der Waals surface area (Å²) in [6, 6.07) is 8.37. The normalized spacial score (nSPS) is 22.4. The van der Waals surface area contributed by atoms with E-state index in [4.69, 9.17) is 5.73 Å². The third-order valence-corrected chi connectivity index (χ3v) is 7.06. The molecule has 2 amide bonds. The Bertz CT molecular complexity index is 942. The molecule has 0 saturated heterocycles. The Morgan fingerprint density at radius 2 is 1.94 bits per heavy atom. The molecule has 1 aliphatic heterocycles. The zero-order valence-electron chi connectivity index (χ0n) is 20.9. The molecule has 186 valence electrons. The average molecular weight is 533 g/mol. The van der Waals surface area contributed by atoms with Gasteiger partial charge in [-0.15, -0.1) is 0 Å². The maximum atomic E-state index is 12.6. The van der Waals surface area contributed by atoms with Crippen molar-refractivity contribution in [3.63, 3.8) is 0 Å². The van der Waals surface area contributed by atoms with Gasteiger partial charge in [0.1, 0.15) is 12.6 Å². The van der Waals surface area contributed by atoms with E-state index in [0.29, 0.717) is 28.6 Å². The predicted octanol–water partition coefficient (Wildman–Crippen LogP) is 4.58. The smallest absolute Gasteiger partial charge is 0.244 e. The number of carbonyl (C=O) groups excluding carboxylic acids is 2. The minimum absolute atomic E-state index is 0.0810. The molecule has 2 aliphatic rings. The van der Waals surface area contributed by atoms with Crippen LogP contribution >= 0.6 is 15.9 Å². The molecule has 34 heavy (non-hydrogen) atoms. The Labute approximate surface area is 212 Å². The SMILES string of the molecule is C=C1C(Br)=C(N[C@@H]2CCC(C)(C)CC2C)C=NN1CC(=O)NC(C(N)=O)c1ccccc1.CC. The van der Waals surface area contributed by atoms with Crippen LogP contribution in [0.1, 0.15) is 65.5 Å². The van der Waals surface area contributed by atoms with Gasteiger partial charge in [-0.25, -0.2) is 0 Å². The monoisotopic (exact) mass is 531 g/mol. The quantitative estimate of drug-likeness (QED) is 0.479. The predicted molar refractivity (Wildman–Crippen MR) is 142 cm³/mol. The fraction of sp³-hybridized carbons (Fsp3) is 0.500. The third kappa shape index (κ3) is 7.19. The highest BCUT2D eigenvalue weighted by Gasteiger charge is 2.33. The number of nitrogens with two attached hydrogens (primary N) is 1. The van der Waals surface area contributed by atoms with Gasteiger partial charge in [0, 0.05) is 6.04 Å². The van der Waals surface area contributed by atoms with Gasteiger partial charge in [-0.1, -0.05) is 71.5 Å². The second-order valence-corrected chi connectivity index (χ2v) is 10.2. The van der Waals surface area contributed by atoms with E-state index in [0.717, 1.165) is 16.6 Å². The van der Waals surface area contributed by atoms with Crippen LogP contribution in [-0.4, -0.2) is 35.6 Å². The third-order valence-electron chi connectivity index (χ3n) is 6.18. The Hall–Kier alpha value is -2.61. The van der Waals surface area contributed by atoms with Crippen LogP contribution in [0.3, 0.4) is 0 Å². The highest BCUT2D eigenvalue weighted by atomic mass is 79.9. The van der Waals surface area contributed by atoms with Crippen LogP contribution in [0.5, 0.6) is 0 Å². The minimum Gasteiger partial charge on any atom is -0.380 e. The molecule has 3 atom stereocenters. The number of hydrazone groups is 1. The van der Waals surface area contributed by atoms with Crippen molar-refractivity contribution in [1.29, 1.82) is 0 Å². The molecule has 0 spiro atoms. The summed E-state index contributed by atoms with van der Waals surface area (Å²) in [7, 11) is 0. The lowest BCUT2D eigenvalue weighted by Gasteiger charge is -2.40. The van der Waals surface area contributed by atoms with Crippen molar-refractivity contribution in [3.8, 4) is 0 Å². The molecule has 1 aromatic rings. The topological polar surface area (TPSA) is 99.8 Å². The average Bonchev–Trinajstić information content (AvgIpc) is 2.80. The molecular weight excluding hydrogens is 494 g/mol. The van der Waals surface area contributed by atoms with Crippen LogP contribution in [0.25, 0.3) is 0 Å². The van der Waals surface area contributed by atoms with E-state index in [9.17, 15) is 9.59 Å². The van der Waals surface area contributed by atoms with E-state index in [1.807, 2.05) is 19.9 Å². The van der Waals surface area contributed by atoms with Gasteiger partial charge in [0.05, 0.1) is 22.1 Å². The number of nitrogens with zero attached hydrogens (tertiary/aromatic N) is 2. The van der Waals surface area contributed by atoms with Crippen molar-refractivity contribution in [2.45, 2.75) is 66.0 Å². The lowest BCUT2D eigenvalue weighted by atomic mass is 9.70. The first-order chi connectivity index (χ1) is 16.1. The van der Waals surface area contributed by atoms with Gasteiger partial charge in [-0.2, -0.15) is 5.10 Å². The lowest BCUT2D eigenvalue weighted by molar-refractivity contribution is -0.128. The Morgan fingerprint density at radius 1 is 1.29 bits per heavy atom. The molecule has 1 heterocycles. The number of amides is 2. The molecule has 1 fully saturated rings. The maximum Gasteiger partial charge on any atom is 0.244 e. The number of carbonyl (C=O) groups is 2. The first-order valence-electron chi connectivity index (χ1n) is 11.9. The fourth-order valence-electron chi connectivity index (χ4n) is 4.43. The standard InChI is InChI=1S/C24H32BrN5O2.C2H6/c1-15-12-24(3,4)11-10-18(15)28-19-13-27-30(16(2)21(19)25)14-20(31)29-22(23(26)32)17-8-6-5-7-9-17;1-2/h5-9,13,15,18,22,28H,2,10-12,14H2,1,3-4H3,(H2,26,32)(H,29,31);1-2H3/t15?,18-,22?;/m1./s1. The molecule has 2 unspecified atom stereocenters. The molecule has 7 nitrogen and oxygen atoms in total. The maximum absolute atomic E-state index is 12.6. The van der Waals surface area contributed by atoms with Crippen LogP contribution in [0, 0.1) is 11.3 Å². The summed E-state index contributed by atoms with van der Waals surface area (Å²) < 4.78 is 0.770. The molecule has 0 aromatic heterocycles. The second-order valence-electron chi connectivity index (χ2n) is 9.43. The van der Waals surface area contributed by atoms with Crippen molar-refractivity contribution in [3.05, 3.63) is 58.4 Å². The Kier molecular flexibility index (Phi) is 9.91. The number of benzene rings is 1. The van der Waals surface area contributed by atoms with Crippen molar-refractivity contribution in [1.82, 2.24) is 15.6 Å². The van der Waals surface area contributed by atoms with E-state index in [-0.39, 0.29) is 12.5 Å². The van der Waals surface area contributed by atoms with Gasteiger partial charge >= 0.3 is 0 Å². The summed E-state index contributed by atoms with van der Waals surface area (Å²) in [5, 5.41) is 12.2. The zero-order valence-corrected chi connectivity index (χ0v) is 22.5. The first kappa shape index (κ1) is 27.6. The highest BCUT2D eigenvalue weighted by Crippen LogP contribution is 2.39. The fourth-order valence-corrected chi connectivity index (χ4v) is 4.85. The number of hydrogen-bond acceptors (Lipinski definition) is 5. The van der Waals surface area contributed by atoms with E-state index in [2.05, 4.69) is 59.0 Å². The Morgan fingerprint density at radius 3 is 2.53 bits per heavy atom. The summed E-state index contributed by atoms with van der Waals surface area (Å²) in [4.78, 5) is 24.5. The highest BCUT2D eigenvalue weighted by molar-refractivity contribution is 9.12. The van der Waals surface area contributed by atoms with E-state index >= 15 is 0 Å². The zero-order chi connectivity index (χ0) is 25.5. The summed E-state index contributed by atoms with van der Waals surface area (Å²) in [5.74, 6) is -0.459. The molecule has 8 heteroatoms. The van der Waals surface area contributed by atoms with E-state index in [1.54, 1.807) is 30.5 Å². The first-order valence-corrected chi connectivity index (χ1v) is 12.7. The van der Waals surface area contributed by atoms with Crippen molar-refractivity contribution >= 4 is 34.0 Å². The largest absolute Gasteiger partial charge is 0.380 e. The summed E-state index contributed by atoms with van der Waals surface area (Å²) in [6.45, 7) is 14.9. The van der Waals surface area contributed by atoms with Crippen molar-refractivity contribution in [2.24, 2.45) is 22.2 Å². The number of halogens is 1. The number of allylic oxidation sites excluding steroid dienone is 2. The molecule has 0 radical (unpaired) electrons. The Balaban J connectivity index is 0.00000199. The molecule has 0 bridgehead atoms. The van der Waals surface area contributed by atoms with Crippen LogP contribution in [-0.2, 0) is 9.59 Å². The number of primary amides is 1. The molecular formula is C26H38BrN5O2. The van der Waals surface area contributed by atoms with Gasteiger partial charge < -0.3 is 16.4 Å². The van der Waals surface area contributed by atoms with E-state index < -0.39 is 11.9 Å². The van der Waals surface area contributed by atoms with Gasteiger partial charge in [0.25, 0.3) is 0 Å². The minimum atomic E-state index is -0.904. The van der Waals surface area contributed by atoms with Crippen LogP contribution < -0.4 is 16.4 Å². The molecule has 1 saturated carbocycles. The van der Waals surface area contributed by atoms with Gasteiger partial charge in [-0.05, 0) is 52.1 Å². The summed E-state index contributed by atoms with van der Waals surface area (Å²) in [5.41, 5.74) is 7.94. The van der Waals surface area contributed by atoms with Crippen LogP contribution in [0.2, 0.25) is 0 Å². The van der Waals surface area contributed by atoms with Gasteiger partial charge in [-0.3, -0.25) is 14.6 Å². The van der Waals surface area contributed by atoms with Crippen LogP contribution in [0.15, 0.2) is 57.9 Å². The summed E-state index contributed by atoms with van der Waals surface area (Å²) in [6.07, 6.45) is 5.15. The van der Waals surface area contributed by atoms with Gasteiger partial charge in [0.15, 0.2) is 0 Å². The number of rotatable bonds is 7. The van der Waals surface area contributed by atoms with Crippen LogP contribution in [0.4, 0.5) is 0 Å². The second kappa shape index (κ2) is 12.2. The summed E-state index contributed by atoms with van der Waals surface area (Å²) >= 11 is 3.61. The number of nitrogens with one attached hydrogen (secondary N) is 2. The van der Waals surface area contributed by atoms with E-state index in [1.165, 1.54) is 17.9 Å². The van der Waals surface area contributed by atoms with Gasteiger partial charge in [0.2, 0.25) is 11.8 Å². The molecule has 1 aromatic carbocycles. The number of hydrogen-bond donors (Lipinski definition) is 3. The molecule has 1 aliphatic carbocycles. The lowest BCUT2D eigenvalue weighted by Crippen LogP contribution is -2.44.